The number of likely N-dealkylation sites (tertiary alicyclic amines) is 1. The number of hydrogen-bond acceptors (Lipinski definition) is 5. The van der Waals surface area contributed by atoms with E-state index in [0.29, 0.717) is 35.6 Å². The lowest BCUT2D eigenvalue weighted by molar-refractivity contribution is -0.138. The van der Waals surface area contributed by atoms with E-state index in [1.807, 2.05) is 18.2 Å². The monoisotopic (exact) mass is 574 g/mol. The standard InChI is InChI=1S/C26H26BrF3N6O/c1-2-21(27)24-34-22(13-23(36(24)31)33-15-17-7-5-11-32-14-17)18-8-6-12-35(16-18)25(37)19-9-3-4-10-20(19)26(28,29)30/h2-5,7,9-11,13-14,18,34H,1,6,8,12,15-16,31H2/b24-21+,33-23?. The minimum atomic E-state index is -4.62. The molecule has 1 saturated heterocycles. The molecule has 0 radical (unpaired) electrons. The van der Waals surface area contributed by atoms with Gasteiger partial charge in [-0.1, -0.05) is 30.9 Å². The molecule has 0 aliphatic carbocycles. The first kappa shape index (κ1) is 26.6. The Bertz CT molecular complexity index is 1260. The number of carbonyl (C=O) groups excluding carboxylic acids is 1. The van der Waals surface area contributed by atoms with Gasteiger partial charge >= 0.3 is 6.18 Å². The Kier molecular flexibility index (Phi) is 8.13. The van der Waals surface area contributed by atoms with Crippen LogP contribution in [-0.2, 0) is 12.7 Å². The molecule has 1 aromatic carbocycles. The van der Waals surface area contributed by atoms with E-state index in [0.717, 1.165) is 23.7 Å². The Morgan fingerprint density at radius 2 is 2.08 bits per heavy atom. The summed E-state index contributed by atoms with van der Waals surface area (Å²) >= 11 is 3.46. The van der Waals surface area contributed by atoms with Crippen LogP contribution in [0.3, 0.4) is 0 Å². The lowest BCUT2D eigenvalue weighted by Crippen LogP contribution is -2.49. The van der Waals surface area contributed by atoms with Crippen LogP contribution in [-0.4, -0.2) is 39.7 Å². The lowest BCUT2D eigenvalue weighted by Gasteiger charge is -2.38. The molecule has 7 nitrogen and oxygen atoms in total. The van der Waals surface area contributed by atoms with Crippen LogP contribution in [0.15, 0.2) is 88.5 Å². The molecule has 0 spiro atoms. The number of carbonyl (C=O) groups is 1. The maximum atomic E-state index is 13.5. The Morgan fingerprint density at radius 3 is 2.78 bits per heavy atom. The zero-order valence-electron chi connectivity index (χ0n) is 19.9. The molecule has 2 aliphatic rings. The summed E-state index contributed by atoms with van der Waals surface area (Å²) in [6.45, 7) is 4.76. The predicted octanol–water partition coefficient (Wildman–Crippen LogP) is 4.96. The number of nitrogens with one attached hydrogen (secondary N) is 1. The molecule has 1 atom stereocenters. The molecule has 1 aromatic heterocycles. The quantitative estimate of drug-likeness (QED) is 0.493. The number of amidine groups is 1. The summed E-state index contributed by atoms with van der Waals surface area (Å²) < 4.78 is 41.2. The summed E-state index contributed by atoms with van der Waals surface area (Å²) in [6, 6.07) is 8.62. The van der Waals surface area contributed by atoms with E-state index >= 15 is 0 Å². The number of rotatable bonds is 5. The number of halogens is 4. The topological polar surface area (TPSA) is 86.9 Å². The van der Waals surface area contributed by atoms with Crippen molar-refractivity contribution in [2.45, 2.75) is 25.6 Å². The van der Waals surface area contributed by atoms with Gasteiger partial charge in [0, 0.05) is 43.2 Å². The van der Waals surface area contributed by atoms with Crippen LogP contribution in [0.5, 0.6) is 0 Å². The highest BCUT2D eigenvalue weighted by Crippen LogP contribution is 2.34. The molecular weight excluding hydrogens is 549 g/mol. The molecule has 3 N–H and O–H groups in total. The van der Waals surface area contributed by atoms with Crippen LogP contribution in [0.25, 0.3) is 0 Å². The van der Waals surface area contributed by atoms with E-state index in [1.54, 1.807) is 18.5 Å². The minimum Gasteiger partial charge on any atom is -0.343 e. The lowest BCUT2D eigenvalue weighted by atomic mass is 9.92. The number of hydrogen-bond donors (Lipinski definition) is 2. The fraction of sp³-hybridized carbons (Fsp3) is 0.269. The van der Waals surface area contributed by atoms with Gasteiger partial charge in [0.05, 0.1) is 22.2 Å². The van der Waals surface area contributed by atoms with Gasteiger partial charge in [0.15, 0.2) is 0 Å². The number of amides is 1. The normalized spacial score (nSPS) is 20.8. The summed E-state index contributed by atoms with van der Waals surface area (Å²) in [6.07, 6.45) is 3.56. The minimum absolute atomic E-state index is 0.159. The first-order valence-corrected chi connectivity index (χ1v) is 12.4. The van der Waals surface area contributed by atoms with Gasteiger partial charge in [-0.15, -0.1) is 0 Å². The number of aliphatic imine (C=N–C) groups is 1. The van der Waals surface area contributed by atoms with Crippen molar-refractivity contribution in [2.24, 2.45) is 16.8 Å². The molecule has 2 aliphatic heterocycles. The maximum Gasteiger partial charge on any atom is 0.417 e. The van der Waals surface area contributed by atoms with Crippen molar-refractivity contribution in [3.05, 3.63) is 100 Å². The van der Waals surface area contributed by atoms with Gasteiger partial charge in [0.25, 0.3) is 5.91 Å². The van der Waals surface area contributed by atoms with Crippen LogP contribution in [0, 0.1) is 5.92 Å². The number of pyridine rings is 1. The number of alkyl halides is 3. The highest BCUT2D eigenvalue weighted by Gasteiger charge is 2.37. The average molecular weight is 575 g/mol. The molecule has 0 saturated carbocycles. The molecule has 1 fully saturated rings. The molecule has 194 valence electrons. The predicted molar refractivity (Wildman–Crippen MR) is 139 cm³/mol. The third kappa shape index (κ3) is 6.11. The second-order valence-corrected chi connectivity index (χ2v) is 9.52. The van der Waals surface area contributed by atoms with E-state index in [4.69, 9.17) is 5.84 Å². The van der Waals surface area contributed by atoms with Gasteiger partial charge in [0.2, 0.25) is 0 Å². The maximum absolute atomic E-state index is 13.5. The van der Waals surface area contributed by atoms with Gasteiger partial charge in [-0.2, -0.15) is 13.2 Å². The first-order valence-electron chi connectivity index (χ1n) is 11.6. The van der Waals surface area contributed by atoms with E-state index in [2.05, 4.69) is 37.8 Å². The summed E-state index contributed by atoms with van der Waals surface area (Å²) in [4.78, 5) is 23.4. The second-order valence-electron chi connectivity index (χ2n) is 8.66. The first-order chi connectivity index (χ1) is 17.7. The fourth-order valence-corrected chi connectivity index (χ4v) is 4.63. The summed E-state index contributed by atoms with van der Waals surface area (Å²) in [5, 5.41) is 4.70. The summed E-state index contributed by atoms with van der Waals surface area (Å²) in [5.41, 5.74) is 0.397. The molecule has 1 unspecified atom stereocenters. The van der Waals surface area contributed by atoms with Crippen molar-refractivity contribution in [1.29, 1.82) is 0 Å². The van der Waals surface area contributed by atoms with Gasteiger partial charge < -0.3 is 10.2 Å². The number of piperidine rings is 1. The van der Waals surface area contributed by atoms with Crippen molar-refractivity contribution >= 4 is 27.7 Å². The number of aromatic nitrogens is 1. The summed E-state index contributed by atoms with van der Waals surface area (Å²) in [7, 11) is 0. The Morgan fingerprint density at radius 1 is 1.30 bits per heavy atom. The molecule has 2 aromatic rings. The van der Waals surface area contributed by atoms with Gasteiger partial charge in [-0.3, -0.25) is 14.8 Å². The van der Waals surface area contributed by atoms with E-state index < -0.39 is 17.6 Å². The molecular formula is C26H26BrF3N6O. The number of benzene rings is 1. The number of nitrogens with zero attached hydrogens (tertiary/aromatic N) is 4. The number of nitrogens with two attached hydrogens (primary N) is 1. The van der Waals surface area contributed by atoms with E-state index in [-0.39, 0.29) is 18.0 Å². The zero-order valence-corrected chi connectivity index (χ0v) is 21.5. The molecule has 1 amide bonds. The average Bonchev–Trinajstić information content (AvgIpc) is 2.91. The van der Waals surface area contributed by atoms with Crippen LogP contribution < -0.4 is 11.2 Å². The smallest absolute Gasteiger partial charge is 0.343 e. The van der Waals surface area contributed by atoms with Crippen molar-refractivity contribution in [3.63, 3.8) is 0 Å². The largest absolute Gasteiger partial charge is 0.417 e. The SMILES string of the molecule is C=C/C(Br)=C1/NC(C2CCCN(C(=O)c3ccccc3C(F)(F)F)C2)=CC(=NCc2cccnc2)N1N. The Balaban J connectivity index is 1.62. The Labute approximate surface area is 221 Å². The number of hydrazine groups is 1. The third-order valence-electron chi connectivity index (χ3n) is 6.20. The van der Waals surface area contributed by atoms with Gasteiger partial charge in [0.1, 0.15) is 11.7 Å². The zero-order chi connectivity index (χ0) is 26.6. The highest BCUT2D eigenvalue weighted by molar-refractivity contribution is 9.11. The fourth-order valence-electron chi connectivity index (χ4n) is 4.34. The van der Waals surface area contributed by atoms with Crippen molar-refractivity contribution in [1.82, 2.24) is 20.2 Å². The van der Waals surface area contributed by atoms with Crippen LogP contribution in [0.1, 0.15) is 34.3 Å². The molecule has 3 heterocycles. The molecule has 4 rings (SSSR count). The summed E-state index contributed by atoms with van der Waals surface area (Å²) in [5.74, 6) is 6.54. The Hall–Kier alpha value is -3.44. The van der Waals surface area contributed by atoms with Crippen LogP contribution in [0.4, 0.5) is 13.2 Å². The third-order valence-corrected chi connectivity index (χ3v) is 6.90. The second kappa shape index (κ2) is 11.3. The van der Waals surface area contributed by atoms with Crippen LogP contribution >= 0.6 is 15.9 Å². The number of allylic oxidation sites excluding steroid dienone is 2. The van der Waals surface area contributed by atoms with Crippen molar-refractivity contribution < 1.29 is 18.0 Å². The van der Waals surface area contributed by atoms with Crippen molar-refractivity contribution in [2.75, 3.05) is 13.1 Å². The van der Waals surface area contributed by atoms with Gasteiger partial charge in [-0.25, -0.2) is 10.9 Å². The van der Waals surface area contributed by atoms with Gasteiger partial charge in [-0.05, 0) is 52.5 Å². The molecule has 0 bridgehead atoms. The molecule has 11 heteroatoms. The van der Waals surface area contributed by atoms with E-state index in [1.165, 1.54) is 28.1 Å². The van der Waals surface area contributed by atoms with Crippen LogP contribution in [0.2, 0.25) is 0 Å². The highest BCUT2D eigenvalue weighted by atomic mass is 79.9. The van der Waals surface area contributed by atoms with Crippen molar-refractivity contribution in [3.8, 4) is 0 Å². The van der Waals surface area contributed by atoms with E-state index in [9.17, 15) is 18.0 Å². The molecule has 37 heavy (non-hydrogen) atoms.